The fourth-order valence-electron chi connectivity index (χ4n) is 2.30. The van der Waals surface area contributed by atoms with Gasteiger partial charge in [-0.1, -0.05) is 6.92 Å². The molecule has 4 nitrogen and oxygen atoms in total. The van der Waals surface area contributed by atoms with Crippen LogP contribution in [0.3, 0.4) is 0 Å². The van der Waals surface area contributed by atoms with Crippen LogP contribution in [-0.4, -0.2) is 44.1 Å². The summed E-state index contributed by atoms with van der Waals surface area (Å²) in [5.74, 6) is -1.34. The molecule has 8 heteroatoms. The lowest BCUT2D eigenvalue weighted by atomic mass is 9.99. The summed E-state index contributed by atoms with van der Waals surface area (Å²) in [6.45, 7) is 3.24. The zero-order valence-corrected chi connectivity index (χ0v) is 12.3. The van der Waals surface area contributed by atoms with Gasteiger partial charge in [-0.25, -0.2) is 8.42 Å². The molecule has 0 saturated carbocycles. The van der Waals surface area contributed by atoms with E-state index in [1.165, 1.54) is 6.92 Å². The van der Waals surface area contributed by atoms with Crippen LogP contribution in [-0.2, 0) is 19.4 Å². The standard InChI is InChI=1S/C12H19F3O4S/c1-8-7-10(19-11(8)9(2)16)3-5-20(17,18)6-4-12(13,14)15/h8,10-11H,3-7H2,1-2H3/t8-,10?,11+/m1/s1. The van der Waals surface area contributed by atoms with Crippen LogP contribution in [0.4, 0.5) is 13.2 Å². The molecule has 0 aliphatic carbocycles. The first-order valence-electron chi connectivity index (χ1n) is 6.43. The second-order valence-electron chi connectivity index (χ2n) is 5.31. The molecule has 0 bridgehead atoms. The molecule has 20 heavy (non-hydrogen) atoms. The van der Waals surface area contributed by atoms with E-state index in [1.807, 2.05) is 6.92 Å². The number of rotatable bonds is 6. The predicted octanol–water partition coefficient (Wildman–Crippen LogP) is 2.13. The maximum absolute atomic E-state index is 12.0. The minimum atomic E-state index is -4.47. The predicted molar refractivity (Wildman–Crippen MR) is 67.1 cm³/mol. The zero-order chi connectivity index (χ0) is 15.6. The summed E-state index contributed by atoms with van der Waals surface area (Å²) in [6.07, 6.45) is -6.01. The number of ether oxygens (including phenoxy) is 1. The third-order valence-electron chi connectivity index (χ3n) is 3.34. The third-order valence-corrected chi connectivity index (χ3v) is 5.02. The largest absolute Gasteiger partial charge is 0.390 e. The highest BCUT2D eigenvalue weighted by Gasteiger charge is 2.36. The Morgan fingerprint density at radius 2 is 1.90 bits per heavy atom. The molecule has 1 saturated heterocycles. The lowest BCUT2D eigenvalue weighted by Gasteiger charge is -2.12. The van der Waals surface area contributed by atoms with E-state index < -0.39 is 34.3 Å². The Kier molecular flexibility index (Phi) is 5.60. The monoisotopic (exact) mass is 316 g/mol. The summed E-state index contributed by atoms with van der Waals surface area (Å²) < 4.78 is 64.4. The Bertz CT molecular complexity index is 444. The van der Waals surface area contributed by atoms with Gasteiger partial charge in [0.25, 0.3) is 0 Å². The molecule has 0 amide bonds. The Balaban J connectivity index is 2.42. The maximum Gasteiger partial charge on any atom is 0.390 e. The SMILES string of the molecule is CC(=O)[C@H]1OC(CCS(=O)(=O)CCC(F)(F)F)C[C@H]1C. The van der Waals surface area contributed by atoms with Gasteiger partial charge in [0.1, 0.15) is 6.10 Å². The van der Waals surface area contributed by atoms with Crippen molar-refractivity contribution < 1.29 is 31.1 Å². The molecule has 0 aromatic heterocycles. The first-order chi connectivity index (χ1) is 9.00. The van der Waals surface area contributed by atoms with Gasteiger partial charge in [0.2, 0.25) is 0 Å². The molecule has 1 unspecified atom stereocenters. The molecule has 0 radical (unpaired) electrons. The van der Waals surface area contributed by atoms with E-state index in [0.717, 1.165) is 0 Å². The molecule has 0 aromatic rings. The highest BCUT2D eigenvalue weighted by atomic mass is 32.2. The lowest BCUT2D eigenvalue weighted by Crippen LogP contribution is -2.24. The normalized spacial score (nSPS) is 27.8. The van der Waals surface area contributed by atoms with Crippen molar-refractivity contribution in [1.29, 1.82) is 0 Å². The second kappa shape index (κ2) is 6.43. The molecule has 3 atom stereocenters. The first kappa shape index (κ1) is 17.4. The van der Waals surface area contributed by atoms with Gasteiger partial charge >= 0.3 is 6.18 Å². The van der Waals surface area contributed by atoms with E-state index >= 15 is 0 Å². The van der Waals surface area contributed by atoms with Gasteiger partial charge in [-0.2, -0.15) is 13.2 Å². The van der Waals surface area contributed by atoms with Crippen LogP contribution < -0.4 is 0 Å². The summed E-state index contributed by atoms with van der Waals surface area (Å²) in [5, 5.41) is 0. The first-order valence-corrected chi connectivity index (χ1v) is 8.25. The fourth-order valence-corrected chi connectivity index (χ4v) is 3.67. The van der Waals surface area contributed by atoms with Crippen molar-refractivity contribution in [3.63, 3.8) is 0 Å². The Hall–Kier alpha value is -0.630. The Labute approximate surface area is 116 Å². The second-order valence-corrected chi connectivity index (χ2v) is 7.61. The van der Waals surface area contributed by atoms with Gasteiger partial charge in [0.05, 0.1) is 24.0 Å². The number of sulfone groups is 1. The summed E-state index contributed by atoms with van der Waals surface area (Å²) in [7, 11) is -3.74. The molecular formula is C12H19F3O4S. The minimum Gasteiger partial charge on any atom is -0.367 e. The van der Waals surface area contributed by atoms with E-state index in [2.05, 4.69) is 0 Å². The lowest BCUT2D eigenvalue weighted by molar-refractivity contribution is -0.130. The van der Waals surface area contributed by atoms with E-state index in [0.29, 0.717) is 6.42 Å². The number of halogens is 3. The topological polar surface area (TPSA) is 60.4 Å². The smallest absolute Gasteiger partial charge is 0.367 e. The van der Waals surface area contributed by atoms with Crippen LogP contribution in [0.15, 0.2) is 0 Å². The van der Waals surface area contributed by atoms with Crippen molar-refractivity contribution in [2.45, 2.75) is 51.5 Å². The number of Topliss-reactive ketones (excluding diaryl/α,β-unsaturated/α-hetero) is 1. The molecular weight excluding hydrogens is 297 g/mol. The molecule has 0 N–H and O–H groups in total. The van der Waals surface area contributed by atoms with Gasteiger partial charge in [-0.3, -0.25) is 4.79 Å². The van der Waals surface area contributed by atoms with Gasteiger partial charge in [0, 0.05) is 0 Å². The van der Waals surface area contributed by atoms with Crippen LogP contribution in [0.1, 0.15) is 33.1 Å². The van der Waals surface area contributed by atoms with Crippen LogP contribution in [0.25, 0.3) is 0 Å². The van der Waals surface area contributed by atoms with E-state index in [4.69, 9.17) is 4.74 Å². The fraction of sp³-hybridized carbons (Fsp3) is 0.917. The average molecular weight is 316 g/mol. The van der Waals surface area contributed by atoms with Gasteiger partial charge in [0.15, 0.2) is 15.6 Å². The van der Waals surface area contributed by atoms with E-state index in [1.54, 1.807) is 0 Å². The maximum atomic E-state index is 12.0. The molecule has 1 aliphatic rings. The van der Waals surface area contributed by atoms with Crippen molar-refractivity contribution >= 4 is 15.6 Å². The van der Waals surface area contributed by atoms with Crippen molar-refractivity contribution in [2.24, 2.45) is 5.92 Å². The van der Waals surface area contributed by atoms with Crippen molar-refractivity contribution in [2.75, 3.05) is 11.5 Å². The van der Waals surface area contributed by atoms with Crippen molar-refractivity contribution in [1.82, 2.24) is 0 Å². The zero-order valence-electron chi connectivity index (χ0n) is 11.4. The molecule has 0 aromatic carbocycles. The number of hydrogen-bond acceptors (Lipinski definition) is 4. The summed E-state index contributed by atoms with van der Waals surface area (Å²) >= 11 is 0. The molecule has 1 heterocycles. The Morgan fingerprint density at radius 1 is 1.30 bits per heavy atom. The van der Waals surface area contributed by atoms with Crippen LogP contribution >= 0.6 is 0 Å². The molecule has 1 aliphatic heterocycles. The van der Waals surface area contributed by atoms with E-state index in [-0.39, 0.29) is 30.0 Å². The Morgan fingerprint density at radius 3 is 2.35 bits per heavy atom. The number of ketones is 1. The highest BCUT2D eigenvalue weighted by Crippen LogP contribution is 2.29. The van der Waals surface area contributed by atoms with Crippen LogP contribution in [0, 0.1) is 5.92 Å². The van der Waals surface area contributed by atoms with Gasteiger partial charge in [-0.05, 0) is 25.7 Å². The quantitative estimate of drug-likeness (QED) is 0.753. The average Bonchev–Trinajstić information content (AvgIpc) is 2.65. The number of alkyl halides is 3. The molecule has 118 valence electrons. The van der Waals surface area contributed by atoms with Crippen LogP contribution in [0.2, 0.25) is 0 Å². The van der Waals surface area contributed by atoms with Crippen LogP contribution in [0.5, 0.6) is 0 Å². The summed E-state index contributed by atoms with van der Waals surface area (Å²) in [5.41, 5.74) is 0. The highest BCUT2D eigenvalue weighted by molar-refractivity contribution is 7.91. The third kappa shape index (κ3) is 5.78. The molecule has 0 spiro atoms. The number of carbonyl (C=O) groups excluding carboxylic acids is 1. The van der Waals surface area contributed by atoms with Crippen molar-refractivity contribution in [3.05, 3.63) is 0 Å². The number of carbonyl (C=O) groups is 1. The molecule has 1 rings (SSSR count). The molecule has 1 fully saturated rings. The van der Waals surface area contributed by atoms with E-state index in [9.17, 15) is 26.4 Å². The number of hydrogen-bond donors (Lipinski definition) is 0. The van der Waals surface area contributed by atoms with Crippen molar-refractivity contribution in [3.8, 4) is 0 Å². The van der Waals surface area contributed by atoms with Gasteiger partial charge < -0.3 is 4.74 Å². The minimum absolute atomic E-state index is 0.00961. The summed E-state index contributed by atoms with van der Waals surface area (Å²) in [4.78, 5) is 11.2. The summed E-state index contributed by atoms with van der Waals surface area (Å²) in [6, 6.07) is 0. The van der Waals surface area contributed by atoms with Gasteiger partial charge in [-0.15, -0.1) is 0 Å².